The standard InChI is InChI=1S/C12H14FN5/c1-14-12-15-6-8(13)11(17-12)18-7-16-9-4-2-3-5-10(9)18/h6-7H,2-5H2,1H3,(H,14,15,17). The zero-order valence-corrected chi connectivity index (χ0v) is 10.1. The second kappa shape index (κ2) is 4.36. The SMILES string of the molecule is CNc1ncc(F)c(-n2cnc3c2CCCC3)n1. The third kappa shape index (κ3) is 1.73. The third-order valence-corrected chi connectivity index (χ3v) is 3.21. The fraction of sp³-hybridized carbons (Fsp3) is 0.417. The average Bonchev–Trinajstić information content (AvgIpc) is 2.83. The smallest absolute Gasteiger partial charge is 0.224 e. The van der Waals surface area contributed by atoms with Gasteiger partial charge in [0.15, 0.2) is 11.6 Å². The van der Waals surface area contributed by atoms with E-state index in [4.69, 9.17) is 0 Å². The minimum atomic E-state index is -0.431. The summed E-state index contributed by atoms with van der Waals surface area (Å²) in [6.07, 6.45) is 6.99. The van der Waals surface area contributed by atoms with E-state index in [1.165, 1.54) is 6.20 Å². The van der Waals surface area contributed by atoms with E-state index in [1.807, 2.05) is 0 Å². The molecule has 0 saturated heterocycles. The molecule has 0 unspecified atom stereocenters. The zero-order valence-electron chi connectivity index (χ0n) is 10.1. The first-order valence-corrected chi connectivity index (χ1v) is 6.05. The lowest BCUT2D eigenvalue weighted by atomic mass is 10.0. The highest BCUT2D eigenvalue weighted by Crippen LogP contribution is 2.23. The number of hydrogen-bond acceptors (Lipinski definition) is 4. The van der Waals surface area contributed by atoms with Crippen molar-refractivity contribution in [1.82, 2.24) is 19.5 Å². The molecule has 2 heterocycles. The van der Waals surface area contributed by atoms with Crippen LogP contribution in [0.15, 0.2) is 12.5 Å². The first-order chi connectivity index (χ1) is 8.79. The molecule has 2 aromatic rings. The maximum absolute atomic E-state index is 13.8. The Hall–Kier alpha value is -1.98. The summed E-state index contributed by atoms with van der Waals surface area (Å²) in [5, 5.41) is 2.81. The highest BCUT2D eigenvalue weighted by atomic mass is 19.1. The predicted molar refractivity (Wildman–Crippen MR) is 65.3 cm³/mol. The molecule has 0 saturated carbocycles. The van der Waals surface area contributed by atoms with E-state index in [0.717, 1.165) is 37.1 Å². The van der Waals surface area contributed by atoms with Crippen LogP contribution in [0.5, 0.6) is 0 Å². The van der Waals surface area contributed by atoms with Crippen molar-refractivity contribution in [3.63, 3.8) is 0 Å². The lowest BCUT2D eigenvalue weighted by Crippen LogP contribution is -2.11. The van der Waals surface area contributed by atoms with E-state index in [-0.39, 0.29) is 5.82 Å². The fourth-order valence-corrected chi connectivity index (χ4v) is 2.30. The van der Waals surface area contributed by atoms with Gasteiger partial charge >= 0.3 is 0 Å². The molecule has 3 rings (SSSR count). The molecule has 0 fully saturated rings. The molecule has 0 amide bonds. The van der Waals surface area contributed by atoms with E-state index in [9.17, 15) is 4.39 Å². The normalized spacial score (nSPS) is 14.3. The van der Waals surface area contributed by atoms with Crippen LogP contribution in [0.1, 0.15) is 24.2 Å². The zero-order chi connectivity index (χ0) is 12.5. The molecule has 18 heavy (non-hydrogen) atoms. The van der Waals surface area contributed by atoms with Crippen LogP contribution >= 0.6 is 0 Å². The number of hydrogen-bond donors (Lipinski definition) is 1. The van der Waals surface area contributed by atoms with Crippen molar-refractivity contribution >= 4 is 5.95 Å². The summed E-state index contributed by atoms with van der Waals surface area (Å²) in [7, 11) is 1.71. The summed E-state index contributed by atoms with van der Waals surface area (Å²) in [6.45, 7) is 0. The third-order valence-electron chi connectivity index (χ3n) is 3.21. The molecule has 0 radical (unpaired) electrons. The molecule has 5 nitrogen and oxygen atoms in total. The van der Waals surface area contributed by atoms with Crippen LogP contribution in [0.3, 0.4) is 0 Å². The molecule has 94 valence electrons. The number of rotatable bonds is 2. The molecule has 1 N–H and O–H groups in total. The average molecular weight is 247 g/mol. The van der Waals surface area contributed by atoms with Crippen molar-refractivity contribution in [3.05, 3.63) is 29.7 Å². The number of fused-ring (bicyclic) bond motifs is 1. The van der Waals surface area contributed by atoms with Crippen LogP contribution in [-0.2, 0) is 12.8 Å². The highest BCUT2D eigenvalue weighted by Gasteiger charge is 2.19. The van der Waals surface area contributed by atoms with Crippen LogP contribution in [0.2, 0.25) is 0 Å². The molecule has 0 spiro atoms. The van der Waals surface area contributed by atoms with Gasteiger partial charge in [0.1, 0.15) is 6.33 Å². The Bertz CT molecular complexity index is 578. The molecule has 0 atom stereocenters. The summed E-state index contributed by atoms with van der Waals surface area (Å²) < 4.78 is 15.6. The molecule has 0 bridgehead atoms. The van der Waals surface area contributed by atoms with Crippen LogP contribution in [0.4, 0.5) is 10.3 Å². The Labute approximate surface area is 104 Å². The highest BCUT2D eigenvalue weighted by molar-refractivity contribution is 5.35. The van der Waals surface area contributed by atoms with E-state index in [1.54, 1.807) is 17.9 Å². The van der Waals surface area contributed by atoms with Gasteiger partial charge in [-0.2, -0.15) is 4.98 Å². The number of aromatic nitrogens is 4. The van der Waals surface area contributed by atoms with Gasteiger partial charge in [0, 0.05) is 12.7 Å². The Morgan fingerprint density at radius 3 is 2.94 bits per heavy atom. The van der Waals surface area contributed by atoms with E-state index < -0.39 is 5.82 Å². The summed E-state index contributed by atoms with van der Waals surface area (Å²) >= 11 is 0. The van der Waals surface area contributed by atoms with Gasteiger partial charge in [0.2, 0.25) is 5.95 Å². The molecule has 6 heteroatoms. The summed E-state index contributed by atoms with van der Waals surface area (Å²) in [5.41, 5.74) is 2.13. The van der Waals surface area contributed by atoms with E-state index in [2.05, 4.69) is 20.3 Å². The van der Waals surface area contributed by atoms with Gasteiger partial charge in [-0.25, -0.2) is 14.4 Å². The number of nitrogens with zero attached hydrogens (tertiary/aromatic N) is 4. The van der Waals surface area contributed by atoms with Crippen LogP contribution in [0.25, 0.3) is 5.82 Å². The Kier molecular flexibility index (Phi) is 2.70. The second-order valence-corrected chi connectivity index (χ2v) is 4.33. The van der Waals surface area contributed by atoms with Crippen molar-refractivity contribution in [1.29, 1.82) is 0 Å². The largest absolute Gasteiger partial charge is 0.357 e. The van der Waals surface area contributed by atoms with Gasteiger partial charge in [-0.05, 0) is 25.7 Å². The summed E-state index contributed by atoms with van der Waals surface area (Å²) in [6, 6.07) is 0. The first kappa shape index (κ1) is 11.1. The van der Waals surface area contributed by atoms with E-state index >= 15 is 0 Å². The number of halogens is 1. The number of imidazole rings is 1. The van der Waals surface area contributed by atoms with Gasteiger partial charge in [-0.1, -0.05) is 0 Å². The monoisotopic (exact) mass is 247 g/mol. The van der Waals surface area contributed by atoms with Crippen molar-refractivity contribution in [2.45, 2.75) is 25.7 Å². The van der Waals surface area contributed by atoms with Crippen molar-refractivity contribution in [3.8, 4) is 5.82 Å². The van der Waals surface area contributed by atoms with E-state index in [0.29, 0.717) is 5.95 Å². The molecule has 2 aromatic heterocycles. The van der Waals surface area contributed by atoms with Crippen molar-refractivity contribution < 1.29 is 4.39 Å². The minimum Gasteiger partial charge on any atom is -0.357 e. The lowest BCUT2D eigenvalue weighted by Gasteiger charge is -2.14. The fourth-order valence-electron chi connectivity index (χ4n) is 2.30. The Morgan fingerprint density at radius 1 is 1.28 bits per heavy atom. The van der Waals surface area contributed by atoms with Crippen LogP contribution < -0.4 is 5.32 Å². The maximum atomic E-state index is 13.8. The maximum Gasteiger partial charge on any atom is 0.224 e. The van der Waals surface area contributed by atoms with Crippen molar-refractivity contribution in [2.24, 2.45) is 0 Å². The quantitative estimate of drug-likeness (QED) is 0.878. The van der Waals surface area contributed by atoms with Gasteiger partial charge in [-0.3, -0.25) is 4.57 Å². The van der Waals surface area contributed by atoms with Crippen molar-refractivity contribution in [2.75, 3.05) is 12.4 Å². The molecule has 1 aliphatic carbocycles. The first-order valence-electron chi connectivity index (χ1n) is 6.05. The molecular weight excluding hydrogens is 233 g/mol. The van der Waals surface area contributed by atoms with Gasteiger partial charge in [-0.15, -0.1) is 0 Å². The lowest BCUT2D eigenvalue weighted by molar-refractivity contribution is 0.593. The molecule has 0 aromatic carbocycles. The minimum absolute atomic E-state index is 0.269. The van der Waals surface area contributed by atoms with Crippen LogP contribution in [-0.4, -0.2) is 26.6 Å². The van der Waals surface area contributed by atoms with Crippen LogP contribution in [0, 0.1) is 5.82 Å². The summed E-state index contributed by atoms with van der Waals surface area (Å²) in [4.78, 5) is 12.4. The summed E-state index contributed by atoms with van der Waals surface area (Å²) in [5.74, 6) is 0.245. The van der Waals surface area contributed by atoms with Gasteiger partial charge < -0.3 is 5.32 Å². The van der Waals surface area contributed by atoms with Gasteiger partial charge in [0.25, 0.3) is 0 Å². The Morgan fingerprint density at radius 2 is 2.11 bits per heavy atom. The molecular formula is C12H14FN5. The Balaban J connectivity index is 2.11. The number of nitrogens with one attached hydrogen (secondary N) is 1. The molecule has 1 aliphatic rings. The topological polar surface area (TPSA) is 55.6 Å². The number of anilines is 1. The second-order valence-electron chi connectivity index (χ2n) is 4.33. The van der Waals surface area contributed by atoms with Gasteiger partial charge in [0.05, 0.1) is 11.9 Å². The molecule has 0 aliphatic heterocycles. The predicted octanol–water partition coefficient (Wildman–Crippen LogP) is 1.72. The number of aryl methyl sites for hydroxylation is 1.